The van der Waals surface area contributed by atoms with Crippen molar-refractivity contribution in [2.75, 3.05) is 26.7 Å². The van der Waals surface area contributed by atoms with Gasteiger partial charge in [-0.15, -0.1) is 0 Å². The molecule has 1 spiro atoms. The Hall–Kier alpha value is -1.06. The summed E-state index contributed by atoms with van der Waals surface area (Å²) in [5.74, 6) is 1.65. The van der Waals surface area contributed by atoms with Gasteiger partial charge in [-0.3, -0.25) is 9.59 Å². The molecule has 19 heavy (non-hydrogen) atoms. The third-order valence-corrected chi connectivity index (χ3v) is 5.38. The van der Waals surface area contributed by atoms with Gasteiger partial charge in [-0.1, -0.05) is 6.92 Å². The van der Waals surface area contributed by atoms with Crippen LogP contribution in [0.1, 0.15) is 39.0 Å². The SMILES string of the molecule is CC1CC(C(=O)N2CCC3(CC2)CC(=O)N(C)C3)C1. The van der Waals surface area contributed by atoms with E-state index in [4.69, 9.17) is 0 Å². The minimum Gasteiger partial charge on any atom is -0.345 e. The first-order valence-corrected chi connectivity index (χ1v) is 7.52. The first kappa shape index (κ1) is 12.9. The van der Waals surface area contributed by atoms with Crippen LogP contribution in [0.15, 0.2) is 0 Å². The second-order valence-corrected chi connectivity index (χ2v) is 7.03. The van der Waals surface area contributed by atoms with Crippen LogP contribution in [-0.4, -0.2) is 48.3 Å². The van der Waals surface area contributed by atoms with E-state index in [2.05, 4.69) is 6.92 Å². The third-order valence-electron chi connectivity index (χ3n) is 5.38. The fourth-order valence-electron chi connectivity index (χ4n) is 4.00. The van der Waals surface area contributed by atoms with Crippen LogP contribution in [-0.2, 0) is 9.59 Å². The van der Waals surface area contributed by atoms with Crippen LogP contribution < -0.4 is 0 Å². The number of nitrogens with zero attached hydrogens (tertiary/aromatic N) is 2. The van der Waals surface area contributed by atoms with Crippen molar-refractivity contribution < 1.29 is 9.59 Å². The summed E-state index contributed by atoms with van der Waals surface area (Å²) in [6, 6.07) is 0. The Morgan fingerprint density at radius 2 is 1.89 bits per heavy atom. The van der Waals surface area contributed by atoms with Gasteiger partial charge in [0.2, 0.25) is 11.8 Å². The summed E-state index contributed by atoms with van der Waals surface area (Å²) in [4.78, 5) is 27.9. The van der Waals surface area contributed by atoms with Crippen LogP contribution in [0, 0.1) is 17.3 Å². The van der Waals surface area contributed by atoms with Gasteiger partial charge in [-0.05, 0) is 31.6 Å². The maximum absolute atomic E-state index is 12.3. The minimum atomic E-state index is 0.162. The van der Waals surface area contributed by atoms with Crippen molar-refractivity contribution in [1.29, 1.82) is 0 Å². The molecule has 3 aliphatic rings. The molecule has 2 aliphatic heterocycles. The molecule has 4 nitrogen and oxygen atoms in total. The van der Waals surface area contributed by atoms with Crippen molar-refractivity contribution >= 4 is 11.8 Å². The maximum Gasteiger partial charge on any atom is 0.225 e. The number of hydrogen-bond donors (Lipinski definition) is 0. The Balaban J connectivity index is 1.55. The highest BCUT2D eigenvalue weighted by atomic mass is 16.2. The van der Waals surface area contributed by atoms with Crippen LogP contribution in [0.5, 0.6) is 0 Å². The van der Waals surface area contributed by atoms with Crippen LogP contribution in [0.25, 0.3) is 0 Å². The molecule has 0 aromatic rings. The summed E-state index contributed by atoms with van der Waals surface area (Å²) >= 11 is 0. The Kier molecular flexibility index (Phi) is 3.06. The normalized spacial score (nSPS) is 33.7. The molecule has 106 valence electrons. The van der Waals surface area contributed by atoms with Gasteiger partial charge in [0.1, 0.15) is 0 Å². The van der Waals surface area contributed by atoms with E-state index in [0.717, 1.165) is 51.2 Å². The second kappa shape index (κ2) is 4.50. The highest BCUT2D eigenvalue weighted by molar-refractivity contribution is 5.81. The summed E-state index contributed by atoms with van der Waals surface area (Å²) in [5.41, 5.74) is 0.162. The van der Waals surface area contributed by atoms with E-state index in [0.29, 0.717) is 12.3 Å². The molecule has 0 atom stereocenters. The molecule has 0 aromatic carbocycles. The molecule has 2 amide bonds. The van der Waals surface area contributed by atoms with Crippen molar-refractivity contribution in [1.82, 2.24) is 9.80 Å². The van der Waals surface area contributed by atoms with Crippen LogP contribution in [0.2, 0.25) is 0 Å². The van der Waals surface area contributed by atoms with Gasteiger partial charge in [-0.2, -0.15) is 0 Å². The number of carbonyl (C=O) groups excluding carboxylic acids is 2. The predicted octanol–water partition coefficient (Wildman–Crippen LogP) is 1.50. The molecule has 1 aliphatic carbocycles. The van der Waals surface area contributed by atoms with Gasteiger partial charge in [0.25, 0.3) is 0 Å². The highest BCUT2D eigenvalue weighted by Crippen LogP contribution is 2.42. The minimum absolute atomic E-state index is 0.162. The summed E-state index contributed by atoms with van der Waals surface area (Å²) in [6.07, 6.45) is 4.82. The Bertz CT molecular complexity index is 393. The lowest BCUT2D eigenvalue weighted by molar-refractivity contribution is -0.142. The van der Waals surface area contributed by atoms with Gasteiger partial charge < -0.3 is 9.80 Å². The molecule has 1 saturated carbocycles. The number of hydrogen-bond acceptors (Lipinski definition) is 2. The smallest absolute Gasteiger partial charge is 0.225 e. The topological polar surface area (TPSA) is 40.6 Å². The van der Waals surface area contributed by atoms with Crippen LogP contribution in [0.3, 0.4) is 0 Å². The quantitative estimate of drug-likeness (QED) is 0.720. The lowest BCUT2D eigenvalue weighted by atomic mass is 9.74. The molecule has 3 rings (SSSR count). The molecule has 2 saturated heterocycles. The molecule has 4 heteroatoms. The Labute approximate surface area is 115 Å². The van der Waals surface area contributed by atoms with Crippen molar-refractivity contribution in [3.63, 3.8) is 0 Å². The van der Waals surface area contributed by atoms with E-state index in [1.54, 1.807) is 0 Å². The van der Waals surface area contributed by atoms with Gasteiger partial charge >= 0.3 is 0 Å². The fourth-order valence-corrected chi connectivity index (χ4v) is 4.00. The zero-order valence-corrected chi connectivity index (χ0v) is 12.0. The first-order chi connectivity index (χ1) is 8.99. The van der Waals surface area contributed by atoms with Gasteiger partial charge in [0.15, 0.2) is 0 Å². The van der Waals surface area contributed by atoms with E-state index in [9.17, 15) is 9.59 Å². The first-order valence-electron chi connectivity index (χ1n) is 7.52. The number of amides is 2. The van der Waals surface area contributed by atoms with Crippen molar-refractivity contribution in [3.8, 4) is 0 Å². The molecule has 0 radical (unpaired) electrons. The van der Waals surface area contributed by atoms with Crippen LogP contribution in [0.4, 0.5) is 0 Å². The van der Waals surface area contributed by atoms with Crippen molar-refractivity contribution in [3.05, 3.63) is 0 Å². The summed E-state index contributed by atoms with van der Waals surface area (Å²) in [7, 11) is 1.89. The average Bonchev–Trinajstić information content (AvgIpc) is 2.61. The van der Waals surface area contributed by atoms with E-state index in [1.165, 1.54) is 0 Å². The zero-order valence-electron chi connectivity index (χ0n) is 12.0. The number of likely N-dealkylation sites (tertiary alicyclic amines) is 2. The largest absolute Gasteiger partial charge is 0.345 e. The monoisotopic (exact) mass is 264 g/mol. The molecule has 3 fully saturated rings. The Morgan fingerprint density at radius 1 is 1.26 bits per heavy atom. The summed E-state index contributed by atoms with van der Waals surface area (Å²) in [5, 5.41) is 0. The average molecular weight is 264 g/mol. The highest BCUT2D eigenvalue weighted by Gasteiger charge is 2.45. The number of carbonyl (C=O) groups is 2. The predicted molar refractivity (Wildman–Crippen MR) is 72.4 cm³/mol. The molecular formula is C15H24N2O2. The van der Waals surface area contributed by atoms with Crippen LogP contribution >= 0.6 is 0 Å². The molecule has 0 unspecified atom stereocenters. The summed E-state index contributed by atoms with van der Waals surface area (Å²) in [6.45, 7) is 4.80. The Morgan fingerprint density at radius 3 is 2.37 bits per heavy atom. The zero-order chi connectivity index (χ0) is 13.6. The van der Waals surface area contributed by atoms with E-state index in [1.807, 2.05) is 16.8 Å². The lowest BCUT2D eigenvalue weighted by Crippen LogP contribution is -2.48. The van der Waals surface area contributed by atoms with Crippen molar-refractivity contribution in [2.45, 2.75) is 39.0 Å². The number of rotatable bonds is 1. The maximum atomic E-state index is 12.3. The molecule has 0 aromatic heterocycles. The number of piperidine rings is 1. The standard InChI is InChI=1S/C15H24N2O2/c1-11-7-12(8-11)14(19)17-5-3-15(4-6-17)9-13(18)16(2)10-15/h11-12H,3-10H2,1-2H3. The molecule has 2 heterocycles. The second-order valence-electron chi connectivity index (χ2n) is 7.03. The van der Waals surface area contributed by atoms with E-state index >= 15 is 0 Å². The van der Waals surface area contributed by atoms with Crippen molar-refractivity contribution in [2.24, 2.45) is 17.3 Å². The van der Waals surface area contributed by atoms with E-state index < -0.39 is 0 Å². The van der Waals surface area contributed by atoms with Gasteiger partial charge in [-0.25, -0.2) is 0 Å². The fraction of sp³-hybridized carbons (Fsp3) is 0.867. The molecule has 0 N–H and O–H groups in total. The van der Waals surface area contributed by atoms with Gasteiger partial charge in [0.05, 0.1) is 0 Å². The van der Waals surface area contributed by atoms with E-state index in [-0.39, 0.29) is 17.2 Å². The third kappa shape index (κ3) is 2.26. The lowest BCUT2D eigenvalue weighted by Gasteiger charge is -2.42. The van der Waals surface area contributed by atoms with Gasteiger partial charge in [0, 0.05) is 44.4 Å². The molecule has 0 bridgehead atoms. The summed E-state index contributed by atoms with van der Waals surface area (Å²) < 4.78 is 0. The molecular weight excluding hydrogens is 240 g/mol.